The minimum Gasteiger partial charge on any atom is -0.508 e. The fraction of sp³-hybridized carbons (Fsp3) is 0.174. The normalized spacial score (nSPS) is 12.1. The van der Waals surface area contributed by atoms with E-state index in [2.05, 4.69) is 161 Å². The summed E-state index contributed by atoms with van der Waals surface area (Å²) in [5.41, 5.74) is 8.40. The standard InChI is InChI=1S/C46H42O2/c1-45(2,39-22-24-43(47)35(28-39)26-33-16-9-14-31-12-5-7-20-41(31)33)37-18-11-19-38(30-37)46(3,4)40-23-25-44(48)36(29-40)27-34-17-10-15-32-13-6-8-21-42(32)34/h5-25,28-30,47-48H,26-27H2,1-4H3. The molecule has 0 atom stereocenters. The van der Waals surface area contributed by atoms with E-state index in [0.29, 0.717) is 24.3 Å². The van der Waals surface area contributed by atoms with Crippen molar-refractivity contribution in [2.75, 3.05) is 0 Å². The predicted molar refractivity (Wildman–Crippen MR) is 200 cm³/mol. The van der Waals surface area contributed by atoms with Crippen LogP contribution in [0.3, 0.4) is 0 Å². The van der Waals surface area contributed by atoms with Crippen molar-refractivity contribution in [2.24, 2.45) is 0 Å². The molecule has 0 saturated heterocycles. The van der Waals surface area contributed by atoms with E-state index in [1.165, 1.54) is 43.8 Å². The quantitative estimate of drug-likeness (QED) is 0.176. The zero-order valence-corrected chi connectivity index (χ0v) is 28.2. The van der Waals surface area contributed by atoms with Crippen LogP contribution in [0.15, 0.2) is 146 Å². The minimum atomic E-state index is -0.304. The van der Waals surface area contributed by atoms with Crippen LogP contribution in [-0.4, -0.2) is 10.2 Å². The highest BCUT2D eigenvalue weighted by molar-refractivity contribution is 5.87. The first-order valence-corrected chi connectivity index (χ1v) is 16.8. The number of hydrogen-bond donors (Lipinski definition) is 2. The molecule has 0 unspecified atom stereocenters. The van der Waals surface area contributed by atoms with E-state index in [9.17, 15) is 10.2 Å². The van der Waals surface area contributed by atoms with Crippen molar-refractivity contribution in [1.29, 1.82) is 0 Å². The molecule has 48 heavy (non-hydrogen) atoms. The minimum absolute atomic E-state index is 0.304. The van der Waals surface area contributed by atoms with Gasteiger partial charge in [0.05, 0.1) is 0 Å². The topological polar surface area (TPSA) is 40.5 Å². The lowest BCUT2D eigenvalue weighted by Crippen LogP contribution is -2.23. The van der Waals surface area contributed by atoms with Crippen LogP contribution in [0.4, 0.5) is 0 Å². The summed E-state index contributed by atoms with van der Waals surface area (Å²) in [6, 6.07) is 50.7. The summed E-state index contributed by atoms with van der Waals surface area (Å²) in [7, 11) is 0. The molecular weight excluding hydrogens is 585 g/mol. The SMILES string of the molecule is CC(C)(c1cccc(C(C)(C)c2ccc(O)c(Cc3cccc4ccccc34)c2)c1)c1ccc(O)c(Cc2cccc3ccccc23)c1. The summed E-state index contributed by atoms with van der Waals surface area (Å²) in [5, 5.41) is 26.8. The average molecular weight is 627 g/mol. The van der Waals surface area contributed by atoms with Gasteiger partial charge in [0.25, 0.3) is 0 Å². The predicted octanol–water partition coefficient (Wildman–Crippen LogP) is 11.2. The van der Waals surface area contributed by atoms with Crippen LogP contribution in [0.2, 0.25) is 0 Å². The number of phenols is 2. The summed E-state index contributed by atoms with van der Waals surface area (Å²) in [6.45, 7) is 9.04. The van der Waals surface area contributed by atoms with E-state index in [-0.39, 0.29) is 10.8 Å². The van der Waals surface area contributed by atoms with Gasteiger partial charge in [0.15, 0.2) is 0 Å². The summed E-state index contributed by atoms with van der Waals surface area (Å²) < 4.78 is 0. The molecule has 0 spiro atoms. The number of benzene rings is 7. The highest BCUT2D eigenvalue weighted by atomic mass is 16.3. The van der Waals surface area contributed by atoms with Crippen molar-refractivity contribution in [2.45, 2.75) is 51.4 Å². The molecular formula is C46H42O2. The number of aromatic hydroxyl groups is 2. The first kappa shape index (κ1) is 31.3. The Morgan fingerprint density at radius 3 is 1.21 bits per heavy atom. The van der Waals surface area contributed by atoms with Crippen molar-refractivity contribution >= 4 is 21.5 Å². The maximum atomic E-state index is 11.0. The summed E-state index contributed by atoms with van der Waals surface area (Å²) in [6.07, 6.45) is 1.32. The lowest BCUT2D eigenvalue weighted by Gasteiger charge is -2.31. The maximum Gasteiger partial charge on any atom is 0.119 e. The molecule has 0 aliphatic rings. The summed E-state index contributed by atoms with van der Waals surface area (Å²) in [5.74, 6) is 0.646. The first-order chi connectivity index (χ1) is 23.1. The van der Waals surface area contributed by atoms with Crippen LogP contribution in [-0.2, 0) is 23.7 Å². The van der Waals surface area contributed by atoms with Gasteiger partial charge in [-0.1, -0.05) is 161 Å². The van der Waals surface area contributed by atoms with E-state index in [1.807, 2.05) is 12.1 Å². The number of phenolic OH excluding ortho intramolecular Hbond substituents is 2. The molecule has 0 saturated carbocycles. The number of fused-ring (bicyclic) bond motifs is 2. The van der Waals surface area contributed by atoms with Gasteiger partial charge in [-0.15, -0.1) is 0 Å². The zero-order valence-electron chi connectivity index (χ0n) is 28.2. The summed E-state index contributed by atoms with van der Waals surface area (Å²) >= 11 is 0. The first-order valence-electron chi connectivity index (χ1n) is 16.8. The second-order valence-electron chi connectivity index (χ2n) is 14.1. The molecule has 0 aliphatic heterocycles. The highest BCUT2D eigenvalue weighted by Crippen LogP contribution is 2.40. The van der Waals surface area contributed by atoms with Gasteiger partial charge < -0.3 is 10.2 Å². The smallest absolute Gasteiger partial charge is 0.119 e. The lowest BCUT2D eigenvalue weighted by molar-refractivity contribution is 0.468. The Morgan fingerprint density at radius 1 is 0.375 bits per heavy atom. The lowest BCUT2D eigenvalue weighted by atomic mass is 9.73. The number of hydrogen-bond acceptors (Lipinski definition) is 2. The largest absolute Gasteiger partial charge is 0.508 e. The van der Waals surface area contributed by atoms with Crippen LogP contribution in [0.25, 0.3) is 21.5 Å². The van der Waals surface area contributed by atoms with Gasteiger partial charge in [-0.25, -0.2) is 0 Å². The van der Waals surface area contributed by atoms with Crippen molar-refractivity contribution in [1.82, 2.24) is 0 Å². The molecule has 0 heterocycles. The van der Waals surface area contributed by atoms with Crippen LogP contribution in [0.5, 0.6) is 11.5 Å². The molecule has 0 amide bonds. The van der Waals surface area contributed by atoms with Gasteiger partial charge >= 0.3 is 0 Å². The third kappa shape index (κ3) is 5.84. The van der Waals surface area contributed by atoms with E-state index in [1.54, 1.807) is 0 Å². The monoisotopic (exact) mass is 626 g/mol. The van der Waals surface area contributed by atoms with Crippen molar-refractivity contribution < 1.29 is 10.2 Å². The fourth-order valence-electron chi connectivity index (χ4n) is 7.17. The molecule has 0 radical (unpaired) electrons. The molecule has 2 N–H and O–H groups in total. The van der Waals surface area contributed by atoms with Crippen molar-refractivity contribution in [3.8, 4) is 11.5 Å². The number of rotatable bonds is 8. The Morgan fingerprint density at radius 2 is 0.750 bits per heavy atom. The Balaban J connectivity index is 1.20. The van der Waals surface area contributed by atoms with E-state index in [0.717, 1.165) is 22.3 Å². The van der Waals surface area contributed by atoms with Gasteiger partial charge in [0, 0.05) is 23.7 Å². The Labute approximate surface area is 284 Å². The van der Waals surface area contributed by atoms with Gasteiger partial charge in [-0.3, -0.25) is 0 Å². The van der Waals surface area contributed by atoms with Crippen LogP contribution >= 0.6 is 0 Å². The molecule has 2 heteroatoms. The van der Waals surface area contributed by atoms with Gasteiger partial charge in [-0.2, -0.15) is 0 Å². The Hall–Kier alpha value is -5.34. The Kier molecular flexibility index (Phi) is 8.05. The molecule has 0 aromatic heterocycles. The molecule has 7 aromatic rings. The van der Waals surface area contributed by atoms with E-state index < -0.39 is 0 Å². The molecule has 0 bridgehead atoms. The molecule has 7 rings (SSSR count). The van der Waals surface area contributed by atoms with Gasteiger partial charge in [-0.05, 0) is 78.2 Å². The van der Waals surface area contributed by atoms with Gasteiger partial charge in [0.2, 0.25) is 0 Å². The molecule has 238 valence electrons. The average Bonchev–Trinajstić information content (AvgIpc) is 3.10. The van der Waals surface area contributed by atoms with Crippen LogP contribution < -0.4 is 0 Å². The van der Waals surface area contributed by atoms with Crippen molar-refractivity contribution in [3.05, 3.63) is 190 Å². The molecule has 0 fully saturated rings. The van der Waals surface area contributed by atoms with Crippen molar-refractivity contribution in [3.63, 3.8) is 0 Å². The maximum absolute atomic E-state index is 11.0. The van der Waals surface area contributed by atoms with E-state index in [4.69, 9.17) is 0 Å². The molecule has 0 aliphatic carbocycles. The molecule has 7 aromatic carbocycles. The highest BCUT2D eigenvalue weighted by Gasteiger charge is 2.29. The summed E-state index contributed by atoms with van der Waals surface area (Å²) in [4.78, 5) is 0. The zero-order chi connectivity index (χ0) is 33.5. The van der Waals surface area contributed by atoms with Crippen LogP contribution in [0, 0.1) is 0 Å². The molecule has 2 nitrogen and oxygen atoms in total. The van der Waals surface area contributed by atoms with E-state index >= 15 is 0 Å². The fourth-order valence-corrected chi connectivity index (χ4v) is 7.17. The second-order valence-corrected chi connectivity index (χ2v) is 14.1. The van der Waals surface area contributed by atoms with Gasteiger partial charge in [0.1, 0.15) is 11.5 Å². The van der Waals surface area contributed by atoms with Crippen LogP contribution in [0.1, 0.15) is 72.2 Å². The Bertz CT molecular complexity index is 2100. The third-order valence-electron chi connectivity index (χ3n) is 10.4. The second kappa shape index (κ2) is 12.4. The third-order valence-corrected chi connectivity index (χ3v) is 10.4.